The molecule has 1 aliphatic heterocycles. The van der Waals surface area contributed by atoms with Crippen molar-refractivity contribution in [1.82, 2.24) is 10.2 Å². The Morgan fingerprint density at radius 3 is 2.44 bits per heavy atom. The normalized spacial score (nSPS) is 15.4. The lowest BCUT2D eigenvalue weighted by atomic mass is 10.1. The average Bonchev–Trinajstić information content (AvgIpc) is 2.90. The number of benzene rings is 1. The highest BCUT2D eigenvalue weighted by atomic mass is 32.2. The quantitative estimate of drug-likeness (QED) is 0.515. The van der Waals surface area contributed by atoms with Crippen molar-refractivity contribution < 1.29 is 29.0 Å². The maximum absolute atomic E-state index is 12.5. The Hall–Kier alpha value is -2.68. The minimum absolute atomic E-state index is 0.158. The lowest BCUT2D eigenvalue weighted by Gasteiger charge is -2.12. The summed E-state index contributed by atoms with van der Waals surface area (Å²) in [5.41, 5.74) is 0.513. The molecule has 1 aromatic carbocycles. The summed E-state index contributed by atoms with van der Waals surface area (Å²) in [6, 6.07) is 3.03. The van der Waals surface area contributed by atoms with Crippen molar-refractivity contribution in [1.29, 1.82) is 0 Å². The van der Waals surface area contributed by atoms with E-state index in [0.29, 0.717) is 12.1 Å². The molecule has 3 amide bonds. The SMILES string of the molecule is CCCCNC(=O)CN1C(=O)S/C(=C\c2cc(OC)c(O)c(OC)c2)C1=O. The molecule has 0 aliphatic carbocycles. The molecular formula is C18H22N2O6S. The van der Waals surface area contributed by atoms with Gasteiger partial charge in [-0.05, 0) is 42.0 Å². The number of phenolic OH excluding ortho intramolecular Hbond substituents is 1. The van der Waals surface area contributed by atoms with Gasteiger partial charge in [-0.25, -0.2) is 0 Å². The van der Waals surface area contributed by atoms with Crippen molar-refractivity contribution >= 4 is 34.9 Å². The Balaban J connectivity index is 2.17. The summed E-state index contributed by atoms with van der Waals surface area (Å²) in [5.74, 6) is -0.721. The fraction of sp³-hybridized carbons (Fsp3) is 0.389. The van der Waals surface area contributed by atoms with Crippen LogP contribution in [0.15, 0.2) is 17.0 Å². The maximum atomic E-state index is 12.5. The first-order valence-electron chi connectivity index (χ1n) is 8.38. The monoisotopic (exact) mass is 394 g/mol. The van der Waals surface area contributed by atoms with Gasteiger partial charge >= 0.3 is 0 Å². The third kappa shape index (κ3) is 4.94. The zero-order valence-corrected chi connectivity index (χ0v) is 16.2. The van der Waals surface area contributed by atoms with Crippen molar-refractivity contribution in [2.45, 2.75) is 19.8 Å². The van der Waals surface area contributed by atoms with Crippen LogP contribution in [-0.2, 0) is 9.59 Å². The number of methoxy groups -OCH3 is 2. The molecule has 2 N–H and O–H groups in total. The molecule has 1 fully saturated rings. The molecule has 1 saturated heterocycles. The second-order valence-corrected chi connectivity index (χ2v) is 6.74. The molecular weight excluding hydrogens is 372 g/mol. The van der Waals surface area contributed by atoms with Crippen molar-refractivity contribution in [2.24, 2.45) is 0 Å². The number of unbranched alkanes of at least 4 members (excludes halogenated alkanes) is 1. The average molecular weight is 394 g/mol. The largest absolute Gasteiger partial charge is 0.502 e. The Kier molecular flexibility index (Phi) is 7.12. The van der Waals surface area contributed by atoms with Crippen LogP contribution in [0.3, 0.4) is 0 Å². The third-order valence-electron chi connectivity index (χ3n) is 3.83. The summed E-state index contributed by atoms with van der Waals surface area (Å²) in [6.45, 7) is 2.20. The number of carbonyl (C=O) groups is 3. The smallest absolute Gasteiger partial charge is 0.294 e. The predicted octanol–water partition coefficient (Wildman–Crippen LogP) is 2.36. The molecule has 0 bridgehead atoms. The molecule has 0 unspecified atom stereocenters. The van der Waals surface area contributed by atoms with Crippen LogP contribution in [0.25, 0.3) is 6.08 Å². The van der Waals surface area contributed by atoms with Crippen LogP contribution in [0.5, 0.6) is 17.2 Å². The van der Waals surface area contributed by atoms with E-state index in [9.17, 15) is 19.5 Å². The number of hydrogen-bond acceptors (Lipinski definition) is 7. The van der Waals surface area contributed by atoms with Crippen LogP contribution >= 0.6 is 11.8 Å². The summed E-state index contributed by atoms with van der Waals surface area (Å²) < 4.78 is 10.2. The second-order valence-electron chi connectivity index (χ2n) is 5.75. The van der Waals surface area contributed by atoms with E-state index in [2.05, 4.69) is 5.32 Å². The molecule has 0 spiro atoms. The number of thioether (sulfide) groups is 1. The van der Waals surface area contributed by atoms with Crippen molar-refractivity contribution in [3.8, 4) is 17.2 Å². The Bertz CT molecular complexity index is 752. The number of nitrogens with zero attached hydrogens (tertiary/aromatic N) is 1. The Morgan fingerprint density at radius 2 is 1.89 bits per heavy atom. The van der Waals surface area contributed by atoms with Gasteiger partial charge in [-0.15, -0.1) is 0 Å². The number of ether oxygens (including phenoxy) is 2. The van der Waals surface area contributed by atoms with Gasteiger partial charge in [0.2, 0.25) is 11.7 Å². The molecule has 1 aliphatic rings. The Morgan fingerprint density at radius 1 is 1.26 bits per heavy atom. The van der Waals surface area contributed by atoms with Gasteiger partial charge in [0.25, 0.3) is 11.1 Å². The number of aromatic hydroxyl groups is 1. The zero-order valence-electron chi connectivity index (χ0n) is 15.4. The fourth-order valence-electron chi connectivity index (χ4n) is 2.39. The minimum atomic E-state index is -0.540. The standard InChI is InChI=1S/C18H22N2O6S/c1-4-5-6-19-15(21)10-20-17(23)14(27-18(20)24)9-11-7-12(25-2)16(22)13(8-11)26-3/h7-9,22H,4-6,10H2,1-3H3,(H,19,21)/b14-9-. The molecule has 0 saturated carbocycles. The third-order valence-corrected chi connectivity index (χ3v) is 4.74. The first-order valence-corrected chi connectivity index (χ1v) is 9.20. The lowest BCUT2D eigenvalue weighted by molar-refractivity contribution is -0.129. The van der Waals surface area contributed by atoms with Crippen LogP contribution in [-0.4, -0.2) is 54.4 Å². The second kappa shape index (κ2) is 9.31. The molecule has 9 heteroatoms. The van der Waals surface area contributed by atoms with E-state index in [0.717, 1.165) is 29.5 Å². The zero-order chi connectivity index (χ0) is 20.0. The molecule has 146 valence electrons. The molecule has 1 heterocycles. The highest BCUT2D eigenvalue weighted by Crippen LogP contribution is 2.39. The number of amides is 3. The van der Waals surface area contributed by atoms with E-state index in [1.165, 1.54) is 32.4 Å². The van der Waals surface area contributed by atoms with Crippen molar-refractivity contribution in [3.05, 3.63) is 22.6 Å². The van der Waals surface area contributed by atoms with Gasteiger partial charge < -0.3 is 19.9 Å². The summed E-state index contributed by atoms with van der Waals surface area (Å²) >= 11 is 0.752. The van der Waals surface area contributed by atoms with Crippen LogP contribution in [0.1, 0.15) is 25.3 Å². The van der Waals surface area contributed by atoms with Gasteiger partial charge in [0.1, 0.15) is 6.54 Å². The van der Waals surface area contributed by atoms with Gasteiger partial charge in [0.05, 0.1) is 19.1 Å². The molecule has 0 aromatic heterocycles. The number of imide groups is 1. The molecule has 8 nitrogen and oxygen atoms in total. The Labute approximate surface area is 161 Å². The fourth-order valence-corrected chi connectivity index (χ4v) is 3.23. The van der Waals surface area contributed by atoms with Gasteiger partial charge in [-0.3, -0.25) is 19.3 Å². The highest BCUT2D eigenvalue weighted by molar-refractivity contribution is 8.18. The van der Waals surface area contributed by atoms with Crippen LogP contribution in [0.2, 0.25) is 0 Å². The number of phenols is 1. The van der Waals surface area contributed by atoms with E-state index in [4.69, 9.17) is 9.47 Å². The molecule has 0 atom stereocenters. The van der Waals surface area contributed by atoms with Crippen LogP contribution in [0, 0.1) is 0 Å². The van der Waals surface area contributed by atoms with Crippen molar-refractivity contribution in [2.75, 3.05) is 27.3 Å². The summed E-state index contributed by atoms with van der Waals surface area (Å²) in [6.07, 6.45) is 3.26. The van der Waals surface area contributed by atoms with E-state index in [1.54, 1.807) is 0 Å². The van der Waals surface area contributed by atoms with Gasteiger partial charge in [-0.2, -0.15) is 0 Å². The van der Waals surface area contributed by atoms with E-state index in [-0.39, 0.29) is 34.6 Å². The molecule has 0 radical (unpaired) electrons. The number of carbonyl (C=O) groups excluding carboxylic acids is 3. The number of nitrogens with one attached hydrogen (secondary N) is 1. The number of rotatable bonds is 8. The van der Waals surface area contributed by atoms with Gasteiger partial charge in [0, 0.05) is 6.54 Å². The van der Waals surface area contributed by atoms with Gasteiger partial charge in [-0.1, -0.05) is 13.3 Å². The summed E-state index contributed by atoms with van der Waals surface area (Å²) in [5, 5.41) is 12.1. The summed E-state index contributed by atoms with van der Waals surface area (Å²) in [7, 11) is 2.78. The molecule has 2 rings (SSSR count). The maximum Gasteiger partial charge on any atom is 0.294 e. The van der Waals surface area contributed by atoms with Crippen LogP contribution < -0.4 is 14.8 Å². The molecule has 27 heavy (non-hydrogen) atoms. The van der Waals surface area contributed by atoms with Crippen LogP contribution in [0.4, 0.5) is 4.79 Å². The predicted molar refractivity (Wildman–Crippen MR) is 102 cm³/mol. The van der Waals surface area contributed by atoms with E-state index in [1.807, 2.05) is 6.92 Å². The first kappa shape index (κ1) is 20.6. The van der Waals surface area contributed by atoms with E-state index >= 15 is 0 Å². The highest BCUT2D eigenvalue weighted by Gasteiger charge is 2.36. The number of hydrogen-bond donors (Lipinski definition) is 2. The summed E-state index contributed by atoms with van der Waals surface area (Å²) in [4.78, 5) is 37.6. The lowest BCUT2D eigenvalue weighted by Crippen LogP contribution is -2.39. The van der Waals surface area contributed by atoms with E-state index < -0.39 is 11.1 Å². The first-order chi connectivity index (χ1) is 12.9. The molecule has 1 aromatic rings. The minimum Gasteiger partial charge on any atom is -0.502 e. The van der Waals surface area contributed by atoms with Crippen molar-refractivity contribution in [3.63, 3.8) is 0 Å². The van der Waals surface area contributed by atoms with Gasteiger partial charge in [0.15, 0.2) is 11.5 Å². The topological polar surface area (TPSA) is 105 Å².